The van der Waals surface area contributed by atoms with Crippen molar-refractivity contribution in [1.82, 2.24) is 19.8 Å². The van der Waals surface area contributed by atoms with Gasteiger partial charge in [0.25, 0.3) is 5.91 Å². The first kappa shape index (κ1) is 20.4. The summed E-state index contributed by atoms with van der Waals surface area (Å²) in [6.45, 7) is 5.72. The summed E-state index contributed by atoms with van der Waals surface area (Å²) in [5.74, 6) is 0.770. The smallest absolute Gasteiger partial charge is 0.270 e. The van der Waals surface area contributed by atoms with Crippen LogP contribution in [-0.2, 0) is 11.3 Å². The van der Waals surface area contributed by atoms with Crippen LogP contribution in [0.4, 0.5) is 0 Å². The summed E-state index contributed by atoms with van der Waals surface area (Å²) in [4.78, 5) is 25.0. The number of H-pyrrole nitrogens is 1. The standard InChI is InChI=1S/C23H28N4O3/c1-29-20-4-3-19-15-22(25-21(19)16-20)23(28)27(17-18-5-7-24-8-6-18)10-2-9-26-11-13-30-14-12-26/h3-8,15-16,25H,2,9-14,17H2,1H3. The second kappa shape index (κ2) is 9.73. The zero-order valence-electron chi connectivity index (χ0n) is 17.3. The number of rotatable bonds is 8. The van der Waals surface area contributed by atoms with Gasteiger partial charge in [0.15, 0.2) is 0 Å². The number of nitrogens with zero attached hydrogens (tertiary/aromatic N) is 3. The number of benzene rings is 1. The topological polar surface area (TPSA) is 70.7 Å². The number of fused-ring (bicyclic) bond motifs is 1. The highest BCUT2D eigenvalue weighted by Crippen LogP contribution is 2.22. The quantitative estimate of drug-likeness (QED) is 0.621. The highest BCUT2D eigenvalue weighted by atomic mass is 16.5. The molecule has 1 aliphatic heterocycles. The van der Waals surface area contributed by atoms with Crippen molar-refractivity contribution < 1.29 is 14.3 Å². The second-order valence-corrected chi connectivity index (χ2v) is 7.53. The summed E-state index contributed by atoms with van der Waals surface area (Å²) >= 11 is 0. The van der Waals surface area contributed by atoms with Gasteiger partial charge < -0.3 is 19.4 Å². The van der Waals surface area contributed by atoms with Crippen molar-refractivity contribution in [2.75, 3.05) is 46.5 Å². The van der Waals surface area contributed by atoms with Crippen LogP contribution >= 0.6 is 0 Å². The van der Waals surface area contributed by atoms with Crippen molar-refractivity contribution in [2.45, 2.75) is 13.0 Å². The fourth-order valence-corrected chi connectivity index (χ4v) is 3.79. The van der Waals surface area contributed by atoms with Crippen LogP contribution in [0.1, 0.15) is 22.5 Å². The number of pyridine rings is 1. The number of aromatic amines is 1. The molecule has 0 spiro atoms. The van der Waals surface area contributed by atoms with Gasteiger partial charge in [-0.25, -0.2) is 0 Å². The Morgan fingerprint density at radius 1 is 1.20 bits per heavy atom. The summed E-state index contributed by atoms with van der Waals surface area (Å²) in [6.07, 6.45) is 4.45. The van der Waals surface area contributed by atoms with E-state index in [-0.39, 0.29) is 5.91 Å². The number of methoxy groups -OCH3 is 1. The number of hydrogen-bond acceptors (Lipinski definition) is 5. The first-order chi connectivity index (χ1) is 14.7. The first-order valence-corrected chi connectivity index (χ1v) is 10.4. The second-order valence-electron chi connectivity index (χ2n) is 7.53. The van der Waals surface area contributed by atoms with Crippen molar-refractivity contribution in [3.8, 4) is 5.75 Å². The first-order valence-electron chi connectivity index (χ1n) is 10.4. The SMILES string of the molecule is COc1ccc2cc(C(=O)N(CCCN3CCOCC3)Cc3ccncc3)[nH]c2c1. The molecule has 1 aromatic carbocycles. The predicted molar refractivity (Wildman–Crippen MR) is 116 cm³/mol. The van der Waals surface area contributed by atoms with Crippen LogP contribution in [0.2, 0.25) is 0 Å². The van der Waals surface area contributed by atoms with Gasteiger partial charge in [0.1, 0.15) is 11.4 Å². The molecular formula is C23H28N4O3. The molecule has 7 heteroatoms. The molecule has 1 aliphatic rings. The van der Waals surface area contributed by atoms with Crippen LogP contribution < -0.4 is 4.74 Å². The van der Waals surface area contributed by atoms with Crippen molar-refractivity contribution in [3.05, 3.63) is 60.0 Å². The maximum Gasteiger partial charge on any atom is 0.270 e. The van der Waals surface area contributed by atoms with E-state index in [1.807, 2.05) is 41.3 Å². The van der Waals surface area contributed by atoms with Gasteiger partial charge in [-0.1, -0.05) is 0 Å². The molecule has 1 saturated heterocycles. The number of morpholine rings is 1. The fourth-order valence-electron chi connectivity index (χ4n) is 3.79. The fraction of sp³-hybridized carbons (Fsp3) is 0.391. The molecule has 1 N–H and O–H groups in total. The summed E-state index contributed by atoms with van der Waals surface area (Å²) in [6, 6.07) is 11.6. The van der Waals surface area contributed by atoms with E-state index < -0.39 is 0 Å². The number of hydrogen-bond donors (Lipinski definition) is 1. The van der Waals surface area contributed by atoms with Gasteiger partial charge in [0, 0.05) is 62.1 Å². The molecule has 7 nitrogen and oxygen atoms in total. The van der Waals surface area contributed by atoms with Crippen molar-refractivity contribution >= 4 is 16.8 Å². The lowest BCUT2D eigenvalue weighted by molar-refractivity contribution is 0.0355. The Hall–Kier alpha value is -2.90. The van der Waals surface area contributed by atoms with Gasteiger partial charge in [-0.05, 0) is 42.3 Å². The number of carbonyl (C=O) groups excluding carboxylic acids is 1. The minimum Gasteiger partial charge on any atom is -0.497 e. The lowest BCUT2D eigenvalue weighted by Crippen LogP contribution is -2.39. The Morgan fingerprint density at radius 2 is 2.00 bits per heavy atom. The summed E-state index contributed by atoms with van der Waals surface area (Å²) in [5, 5.41) is 0.997. The van der Waals surface area contributed by atoms with Crippen molar-refractivity contribution in [2.24, 2.45) is 0 Å². The predicted octanol–water partition coefficient (Wildman–Crippen LogP) is 2.94. The molecule has 158 valence electrons. The number of ether oxygens (including phenoxy) is 2. The average molecular weight is 409 g/mol. The number of nitrogens with one attached hydrogen (secondary N) is 1. The molecule has 2 aromatic heterocycles. The van der Waals surface area contributed by atoms with E-state index in [2.05, 4.69) is 14.9 Å². The molecule has 0 saturated carbocycles. The average Bonchev–Trinajstić information content (AvgIpc) is 3.22. The van der Waals surface area contributed by atoms with E-state index in [9.17, 15) is 4.79 Å². The lowest BCUT2D eigenvalue weighted by Gasteiger charge is -2.28. The zero-order chi connectivity index (χ0) is 20.8. The Labute approximate surface area is 176 Å². The molecule has 0 aliphatic carbocycles. The maximum atomic E-state index is 13.4. The molecule has 0 atom stereocenters. The largest absolute Gasteiger partial charge is 0.497 e. The Morgan fingerprint density at radius 3 is 2.77 bits per heavy atom. The van der Waals surface area contributed by atoms with Gasteiger partial charge in [-0.2, -0.15) is 0 Å². The van der Waals surface area contributed by atoms with E-state index in [0.29, 0.717) is 18.8 Å². The van der Waals surface area contributed by atoms with Crippen LogP contribution in [0.15, 0.2) is 48.8 Å². The van der Waals surface area contributed by atoms with E-state index >= 15 is 0 Å². The Bertz CT molecular complexity index is 967. The van der Waals surface area contributed by atoms with E-state index in [4.69, 9.17) is 9.47 Å². The van der Waals surface area contributed by atoms with Gasteiger partial charge >= 0.3 is 0 Å². The Kier molecular flexibility index (Phi) is 6.61. The van der Waals surface area contributed by atoms with Crippen LogP contribution in [0.5, 0.6) is 5.75 Å². The summed E-state index contributed by atoms with van der Waals surface area (Å²) in [5.41, 5.74) is 2.57. The molecule has 30 heavy (non-hydrogen) atoms. The van der Waals surface area contributed by atoms with Crippen LogP contribution in [0.3, 0.4) is 0 Å². The molecule has 0 bridgehead atoms. The Balaban J connectivity index is 1.49. The van der Waals surface area contributed by atoms with Crippen LogP contribution in [0.25, 0.3) is 10.9 Å². The van der Waals surface area contributed by atoms with Gasteiger partial charge in [0.2, 0.25) is 0 Å². The molecule has 1 fully saturated rings. The number of carbonyl (C=O) groups is 1. The minimum absolute atomic E-state index is 0.00366. The third kappa shape index (κ3) is 4.98. The van der Waals surface area contributed by atoms with Crippen molar-refractivity contribution in [1.29, 1.82) is 0 Å². The molecule has 3 heterocycles. The number of aromatic nitrogens is 2. The monoisotopic (exact) mass is 408 g/mol. The third-order valence-electron chi connectivity index (χ3n) is 5.48. The molecule has 4 rings (SSSR count). The normalized spacial score (nSPS) is 14.7. The highest BCUT2D eigenvalue weighted by molar-refractivity contribution is 5.98. The maximum absolute atomic E-state index is 13.4. The van der Waals surface area contributed by atoms with E-state index in [1.54, 1.807) is 19.5 Å². The van der Waals surface area contributed by atoms with Gasteiger partial charge in [0.05, 0.1) is 20.3 Å². The minimum atomic E-state index is 0.00366. The van der Waals surface area contributed by atoms with Gasteiger partial charge in [-0.15, -0.1) is 0 Å². The zero-order valence-corrected chi connectivity index (χ0v) is 17.3. The molecule has 0 radical (unpaired) electrons. The van der Waals surface area contributed by atoms with Crippen LogP contribution in [0, 0.1) is 0 Å². The van der Waals surface area contributed by atoms with Crippen LogP contribution in [-0.4, -0.2) is 72.2 Å². The molecule has 1 amide bonds. The molecular weight excluding hydrogens is 380 g/mol. The van der Waals surface area contributed by atoms with E-state index in [0.717, 1.165) is 61.5 Å². The van der Waals surface area contributed by atoms with E-state index in [1.165, 1.54) is 0 Å². The summed E-state index contributed by atoms with van der Waals surface area (Å²) < 4.78 is 10.7. The molecule has 3 aromatic rings. The van der Waals surface area contributed by atoms with Crippen molar-refractivity contribution in [3.63, 3.8) is 0 Å². The number of amides is 1. The lowest BCUT2D eigenvalue weighted by atomic mass is 10.2. The summed E-state index contributed by atoms with van der Waals surface area (Å²) in [7, 11) is 1.64. The molecule has 0 unspecified atom stereocenters. The highest BCUT2D eigenvalue weighted by Gasteiger charge is 2.19. The third-order valence-corrected chi connectivity index (χ3v) is 5.48. The van der Waals surface area contributed by atoms with Gasteiger partial charge in [-0.3, -0.25) is 14.7 Å².